The van der Waals surface area contributed by atoms with Gasteiger partial charge in [0.15, 0.2) is 11.3 Å². The minimum Gasteiger partial charge on any atom is -0.492 e. The number of carbonyl (C=O) groups is 3. The fourth-order valence-electron chi connectivity index (χ4n) is 13.3. The molecule has 0 unspecified atom stereocenters. The van der Waals surface area contributed by atoms with Crippen LogP contribution in [0.4, 0.5) is 16.0 Å². The molecule has 5 fully saturated rings. The molecule has 3 amide bonds. The molecule has 90 heavy (non-hydrogen) atoms. The standard InChI is InChI=1S/C68H87FN14O6S/c1-42(2)55-39-76-83-61(55)78-66(89-52-11-9-24-70-38-52)79-65(83)74-36-47-10-7-8-12-53(47)58-54-16-15-49(32-45(54)17-25-71-58)72-35-44-18-28-81(29-19-44)50-20-26-80(27-21-50)30-31-88-57-33-46(59-43(3)75-41-90-59)13-14-48(57)37-73-62(85)56-34-51(84)40-82(56)63(86)60(67(4,5)6)77-64(87)68(69)22-23-68/h7-8,10,12-17,25,32-33,39,41-42,44,50-52,56,60,70,72,84H,9,11,18-24,26-31,34-38,40H2,1-6H3,(H,73,85)(H,77,87)(H,74,78,79)/t51-,52-,56+,60-/m1/s1. The van der Waals surface area contributed by atoms with E-state index in [4.69, 9.17) is 29.5 Å². The molecular formula is C68H87FN14O6S. The number of likely N-dealkylation sites (tertiary alicyclic amines) is 3. The average Bonchev–Trinajstić information content (AvgIpc) is 2.10. The zero-order valence-electron chi connectivity index (χ0n) is 52.8. The van der Waals surface area contributed by atoms with E-state index in [1.807, 2.05) is 43.0 Å². The Morgan fingerprint density at radius 1 is 0.922 bits per heavy atom. The van der Waals surface area contributed by atoms with E-state index in [1.54, 1.807) is 36.6 Å². The number of anilines is 2. The molecule has 8 heterocycles. The second-order valence-corrected chi connectivity index (χ2v) is 27.6. The van der Waals surface area contributed by atoms with Crippen molar-refractivity contribution in [2.75, 3.05) is 76.1 Å². The third-order valence-electron chi connectivity index (χ3n) is 18.9. The van der Waals surface area contributed by atoms with E-state index in [2.05, 4.69) is 104 Å². The first-order valence-electron chi connectivity index (χ1n) is 32.4. The molecule has 4 atom stereocenters. The molecule has 1 aliphatic carbocycles. The van der Waals surface area contributed by atoms with Crippen molar-refractivity contribution in [3.8, 4) is 33.5 Å². The Kier molecular flexibility index (Phi) is 19.0. The Hall–Kier alpha value is -7.37. The van der Waals surface area contributed by atoms with Gasteiger partial charge in [-0.1, -0.05) is 77.1 Å². The van der Waals surface area contributed by atoms with Crippen LogP contribution < -0.4 is 36.1 Å². The van der Waals surface area contributed by atoms with Gasteiger partial charge < -0.3 is 51.0 Å². The van der Waals surface area contributed by atoms with E-state index in [9.17, 15) is 23.9 Å². The Morgan fingerprint density at radius 3 is 2.48 bits per heavy atom. The van der Waals surface area contributed by atoms with Gasteiger partial charge in [-0.05, 0) is 149 Å². The van der Waals surface area contributed by atoms with Crippen LogP contribution in [0.1, 0.15) is 121 Å². The van der Waals surface area contributed by atoms with E-state index in [0.717, 1.165) is 157 Å². The summed E-state index contributed by atoms with van der Waals surface area (Å²) in [5.74, 6) is 0.286. The predicted octanol–water partition coefficient (Wildman–Crippen LogP) is 8.92. The van der Waals surface area contributed by atoms with Crippen molar-refractivity contribution in [2.45, 2.75) is 154 Å². The minimum atomic E-state index is -1.97. The number of halogens is 1. The molecule has 6 N–H and O–H groups in total. The quantitative estimate of drug-likeness (QED) is 0.0372. The summed E-state index contributed by atoms with van der Waals surface area (Å²) in [6, 6.07) is 22.0. The van der Waals surface area contributed by atoms with Gasteiger partial charge in [-0.2, -0.15) is 19.6 Å². The Labute approximate surface area is 530 Å². The topological polar surface area (TPSA) is 229 Å². The number of aliphatic hydroxyl groups is 1. The number of piperidine rings is 3. The lowest BCUT2D eigenvalue weighted by molar-refractivity contribution is -0.145. The molecule has 20 nitrogen and oxygen atoms in total. The fourth-order valence-corrected chi connectivity index (χ4v) is 14.1. The van der Waals surface area contributed by atoms with Crippen LogP contribution in [0, 0.1) is 18.3 Å². The highest BCUT2D eigenvalue weighted by Gasteiger charge is 2.53. The lowest BCUT2D eigenvalue weighted by Gasteiger charge is -2.42. The molecule has 4 saturated heterocycles. The number of pyridine rings is 1. The Morgan fingerprint density at radius 2 is 1.73 bits per heavy atom. The summed E-state index contributed by atoms with van der Waals surface area (Å²) in [5, 5.41) is 34.2. The lowest BCUT2D eigenvalue weighted by atomic mass is 9.85. The number of carbonyl (C=O) groups excluding carboxylic acids is 3. The highest BCUT2D eigenvalue weighted by atomic mass is 32.1. The van der Waals surface area contributed by atoms with Gasteiger partial charge in [0.05, 0.1) is 34.1 Å². The number of β-amino-alcohol motifs (C(OH)–C–C–N with tert-alkyl or cyclic N) is 1. The third-order valence-corrected chi connectivity index (χ3v) is 19.8. The van der Waals surface area contributed by atoms with Crippen molar-refractivity contribution in [2.24, 2.45) is 11.3 Å². The lowest BCUT2D eigenvalue weighted by Crippen LogP contribution is -2.59. The molecular weight excluding hydrogens is 1160 g/mol. The summed E-state index contributed by atoms with van der Waals surface area (Å²) < 4.78 is 29.5. The summed E-state index contributed by atoms with van der Waals surface area (Å²) in [5.41, 5.74) is 7.73. The van der Waals surface area contributed by atoms with Gasteiger partial charge in [-0.3, -0.25) is 24.3 Å². The van der Waals surface area contributed by atoms with Gasteiger partial charge in [-0.25, -0.2) is 9.37 Å². The second kappa shape index (κ2) is 27.2. The van der Waals surface area contributed by atoms with Crippen molar-refractivity contribution < 1.29 is 33.4 Å². The van der Waals surface area contributed by atoms with E-state index in [1.165, 1.54) is 4.90 Å². The maximum absolute atomic E-state index is 14.8. The van der Waals surface area contributed by atoms with Crippen LogP contribution in [0.5, 0.6) is 11.8 Å². The van der Waals surface area contributed by atoms with E-state index < -0.39 is 47.0 Å². The number of aromatic nitrogens is 6. The molecule has 4 aliphatic heterocycles. The zero-order chi connectivity index (χ0) is 62.7. The predicted molar refractivity (Wildman–Crippen MR) is 348 cm³/mol. The number of hydrogen-bond acceptors (Lipinski definition) is 17. The molecule has 0 radical (unpaired) electrons. The number of nitrogens with one attached hydrogen (secondary N) is 5. The van der Waals surface area contributed by atoms with Crippen LogP contribution in [0.15, 0.2) is 84.6 Å². The maximum atomic E-state index is 14.8. The number of amides is 3. The van der Waals surface area contributed by atoms with E-state index in [0.29, 0.717) is 42.8 Å². The highest BCUT2D eigenvalue weighted by Crippen LogP contribution is 2.41. The van der Waals surface area contributed by atoms with E-state index >= 15 is 0 Å². The van der Waals surface area contributed by atoms with Crippen LogP contribution in [0.2, 0.25) is 0 Å². The SMILES string of the molecule is Cc1ncsc1-c1ccc(CNC(=O)[C@@H]2C[C@@H](O)CN2C(=O)[C@@H](NC(=O)C2(F)CC2)C(C)(C)C)c(OCCN2CCC(N3CCC(CNc4ccc5c(-c6ccccc6CNc6nc(O[C@@H]7CCCNC7)nc7c(C(C)C)cnn67)nccc5c4)CC3)CC2)c1. The summed E-state index contributed by atoms with van der Waals surface area (Å²) in [6.07, 6.45) is 9.67. The van der Waals surface area contributed by atoms with Crippen LogP contribution in [0.3, 0.4) is 0 Å². The smallest absolute Gasteiger partial charge is 0.322 e. The maximum Gasteiger partial charge on any atom is 0.322 e. The first-order chi connectivity index (χ1) is 43.4. The average molecular weight is 1250 g/mol. The second-order valence-electron chi connectivity index (χ2n) is 26.7. The van der Waals surface area contributed by atoms with Crippen molar-refractivity contribution in [3.63, 3.8) is 0 Å². The van der Waals surface area contributed by atoms with Gasteiger partial charge >= 0.3 is 6.01 Å². The van der Waals surface area contributed by atoms with Crippen LogP contribution in [-0.2, 0) is 27.5 Å². The van der Waals surface area contributed by atoms with Gasteiger partial charge in [0.2, 0.25) is 17.8 Å². The molecule has 12 rings (SSSR count). The molecule has 3 aromatic carbocycles. The monoisotopic (exact) mass is 1250 g/mol. The number of benzene rings is 3. The summed E-state index contributed by atoms with van der Waals surface area (Å²) in [7, 11) is 0. The van der Waals surface area contributed by atoms with Gasteiger partial charge in [0.25, 0.3) is 5.91 Å². The van der Waals surface area contributed by atoms with Crippen molar-refractivity contribution in [1.82, 2.24) is 60.2 Å². The van der Waals surface area contributed by atoms with Crippen LogP contribution in [-0.4, -0.2) is 169 Å². The number of nitrogens with zero attached hydrogens (tertiary/aromatic N) is 9. The molecule has 478 valence electrons. The summed E-state index contributed by atoms with van der Waals surface area (Å²) >= 11 is 1.56. The summed E-state index contributed by atoms with van der Waals surface area (Å²) in [6.45, 7) is 20.3. The normalized spacial score (nSPS) is 20.5. The minimum absolute atomic E-state index is 0.0151. The van der Waals surface area contributed by atoms with E-state index in [-0.39, 0.29) is 44.4 Å². The third kappa shape index (κ3) is 14.4. The largest absolute Gasteiger partial charge is 0.492 e. The van der Waals surface area contributed by atoms with Crippen molar-refractivity contribution in [3.05, 3.63) is 107 Å². The van der Waals surface area contributed by atoms with Crippen LogP contribution in [0.25, 0.3) is 38.1 Å². The zero-order valence-corrected chi connectivity index (χ0v) is 53.6. The first kappa shape index (κ1) is 62.8. The number of aliphatic hydroxyl groups excluding tert-OH is 1. The highest BCUT2D eigenvalue weighted by molar-refractivity contribution is 7.13. The molecule has 0 bridgehead atoms. The number of thiazole rings is 1. The molecule has 22 heteroatoms. The molecule has 4 aromatic heterocycles. The summed E-state index contributed by atoms with van der Waals surface area (Å²) in [4.78, 5) is 67.5. The Bertz CT molecular complexity index is 3680. The molecule has 7 aromatic rings. The number of alkyl halides is 1. The fraction of sp³-hybridized carbons (Fsp3) is 0.529. The molecule has 5 aliphatic rings. The molecule has 1 saturated carbocycles. The van der Waals surface area contributed by atoms with Crippen molar-refractivity contribution >= 4 is 57.1 Å². The Balaban J connectivity index is 0.612. The number of aryl methyl sites for hydroxylation is 1. The first-order valence-corrected chi connectivity index (χ1v) is 33.3. The number of hydrogen-bond donors (Lipinski definition) is 6. The van der Waals surface area contributed by atoms with Gasteiger partial charge in [0.1, 0.15) is 30.5 Å². The van der Waals surface area contributed by atoms with Gasteiger partial charge in [0, 0.05) is 85.7 Å². The number of rotatable bonds is 22. The van der Waals surface area contributed by atoms with Crippen LogP contribution >= 0.6 is 11.3 Å². The van der Waals surface area contributed by atoms with Gasteiger partial charge in [-0.15, -0.1) is 11.3 Å². The molecule has 0 spiro atoms. The number of ether oxygens (including phenoxy) is 2. The number of fused-ring (bicyclic) bond motifs is 2. The van der Waals surface area contributed by atoms with Crippen molar-refractivity contribution in [1.29, 1.82) is 0 Å².